The molecule has 94 valence electrons. The number of nitrogens with two attached hydrogens (primary N) is 1. The van der Waals surface area contributed by atoms with Gasteiger partial charge in [0.25, 0.3) is 5.91 Å². The number of hydrogen-bond acceptors (Lipinski definition) is 3. The van der Waals surface area contributed by atoms with Crippen LogP contribution in [0.4, 0.5) is 20.2 Å². The summed E-state index contributed by atoms with van der Waals surface area (Å²) in [6, 6.07) is 3.11. The van der Waals surface area contributed by atoms with Gasteiger partial charge in [0.15, 0.2) is 5.82 Å². The van der Waals surface area contributed by atoms with Gasteiger partial charge in [-0.05, 0) is 17.5 Å². The fourth-order valence-corrected chi connectivity index (χ4v) is 2.39. The smallest absolute Gasteiger partial charge is 0.267 e. The van der Waals surface area contributed by atoms with Crippen molar-refractivity contribution in [3.05, 3.63) is 45.1 Å². The van der Waals surface area contributed by atoms with Gasteiger partial charge in [0, 0.05) is 6.07 Å². The minimum atomic E-state index is -0.937. The second-order valence-electron chi connectivity index (χ2n) is 3.40. The van der Waals surface area contributed by atoms with E-state index in [9.17, 15) is 13.6 Å². The zero-order valence-electron chi connectivity index (χ0n) is 8.84. The normalized spacial score (nSPS) is 10.4. The number of carbonyl (C=O) groups is 1. The van der Waals surface area contributed by atoms with E-state index in [1.54, 1.807) is 11.4 Å². The average molecular weight is 289 g/mol. The van der Waals surface area contributed by atoms with Crippen LogP contribution in [0.15, 0.2) is 23.6 Å². The molecule has 0 aliphatic rings. The lowest BCUT2D eigenvalue weighted by molar-refractivity contribution is 0.103. The van der Waals surface area contributed by atoms with Gasteiger partial charge >= 0.3 is 0 Å². The van der Waals surface area contributed by atoms with E-state index < -0.39 is 17.5 Å². The third-order valence-electron chi connectivity index (χ3n) is 2.15. The number of carbonyl (C=O) groups excluding carboxylic acids is 1. The van der Waals surface area contributed by atoms with Crippen molar-refractivity contribution in [2.75, 3.05) is 11.1 Å². The molecule has 0 bridgehead atoms. The number of hydrogen-bond donors (Lipinski definition) is 2. The standard InChI is InChI=1S/C11H7ClF2N2OS/c12-6-1-2-18-10(6)11(17)16-9-7(14)3-5(13)4-8(9)15/h1-4H,15H2,(H,16,17). The highest BCUT2D eigenvalue weighted by Gasteiger charge is 2.16. The highest BCUT2D eigenvalue weighted by Crippen LogP contribution is 2.27. The largest absolute Gasteiger partial charge is 0.397 e. The van der Waals surface area contributed by atoms with Crippen molar-refractivity contribution in [2.45, 2.75) is 0 Å². The highest BCUT2D eigenvalue weighted by molar-refractivity contribution is 7.12. The Hall–Kier alpha value is -1.66. The molecule has 0 aliphatic heterocycles. The van der Waals surface area contributed by atoms with Crippen LogP contribution in [0, 0.1) is 11.6 Å². The average Bonchev–Trinajstić information content (AvgIpc) is 2.69. The molecule has 0 aliphatic carbocycles. The van der Waals surface area contributed by atoms with Crippen molar-refractivity contribution < 1.29 is 13.6 Å². The van der Waals surface area contributed by atoms with Crippen molar-refractivity contribution >= 4 is 40.2 Å². The van der Waals surface area contributed by atoms with E-state index in [-0.39, 0.29) is 21.3 Å². The van der Waals surface area contributed by atoms with Crippen molar-refractivity contribution in [3.63, 3.8) is 0 Å². The van der Waals surface area contributed by atoms with Crippen molar-refractivity contribution in [2.24, 2.45) is 0 Å². The van der Waals surface area contributed by atoms with E-state index >= 15 is 0 Å². The SMILES string of the molecule is Nc1cc(F)cc(F)c1NC(=O)c1sccc1Cl. The molecular formula is C11H7ClF2N2OS. The summed E-state index contributed by atoms with van der Waals surface area (Å²) in [5.74, 6) is -2.34. The molecule has 0 spiro atoms. The van der Waals surface area contributed by atoms with Crippen LogP contribution in [0.3, 0.4) is 0 Å². The number of halogens is 3. The molecule has 18 heavy (non-hydrogen) atoms. The Balaban J connectivity index is 2.31. The molecule has 0 saturated heterocycles. The Kier molecular flexibility index (Phi) is 3.49. The van der Waals surface area contributed by atoms with Crippen LogP contribution in [0.25, 0.3) is 0 Å². The zero-order valence-corrected chi connectivity index (χ0v) is 10.4. The number of nitrogen functional groups attached to an aromatic ring is 1. The number of amides is 1. The van der Waals surface area contributed by atoms with Crippen molar-refractivity contribution in [3.8, 4) is 0 Å². The van der Waals surface area contributed by atoms with E-state index in [1.165, 1.54) is 0 Å². The number of anilines is 2. The fraction of sp³-hybridized carbons (Fsp3) is 0. The Morgan fingerprint density at radius 3 is 2.67 bits per heavy atom. The van der Waals surface area contributed by atoms with Gasteiger partial charge in [0.1, 0.15) is 16.4 Å². The van der Waals surface area contributed by atoms with Gasteiger partial charge in [-0.1, -0.05) is 11.6 Å². The summed E-state index contributed by atoms with van der Waals surface area (Å²) in [4.78, 5) is 12.0. The van der Waals surface area contributed by atoms with Gasteiger partial charge in [-0.2, -0.15) is 0 Å². The predicted octanol–water partition coefficient (Wildman–Crippen LogP) is 3.51. The lowest BCUT2D eigenvalue weighted by atomic mass is 10.2. The number of rotatable bonds is 2. The van der Waals surface area contributed by atoms with Crippen LogP contribution in [0.5, 0.6) is 0 Å². The molecule has 1 heterocycles. The second kappa shape index (κ2) is 4.91. The third kappa shape index (κ3) is 2.44. The van der Waals surface area contributed by atoms with E-state index in [2.05, 4.69) is 5.32 Å². The summed E-state index contributed by atoms with van der Waals surface area (Å²) >= 11 is 6.88. The lowest BCUT2D eigenvalue weighted by Gasteiger charge is -2.08. The van der Waals surface area contributed by atoms with Crippen LogP contribution < -0.4 is 11.1 Å². The molecule has 1 aromatic heterocycles. The van der Waals surface area contributed by atoms with E-state index in [1.807, 2.05) is 0 Å². The minimum absolute atomic E-state index is 0.187. The molecule has 0 fully saturated rings. The van der Waals surface area contributed by atoms with Gasteiger partial charge in [0.2, 0.25) is 0 Å². The predicted molar refractivity (Wildman–Crippen MR) is 68.1 cm³/mol. The van der Waals surface area contributed by atoms with Gasteiger partial charge in [-0.3, -0.25) is 4.79 Å². The Labute approximate surface area is 110 Å². The van der Waals surface area contributed by atoms with Crippen molar-refractivity contribution in [1.29, 1.82) is 0 Å². The first-order valence-corrected chi connectivity index (χ1v) is 6.03. The molecule has 1 amide bonds. The molecular weight excluding hydrogens is 282 g/mol. The minimum Gasteiger partial charge on any atom is -0.397 e. The van der Waals surface area contributed by atoms with E-state index in [0.717, 1.165) is 17.4 Å². The maximum atomic E-state index is 13.4. The molecule has 1 aromatic carbocycles. The summed E-state index contributed by atoms with van der Waals surface area (Å²) in [6.07, 6.45) is 0. The van der Waals surface area contributed by atoms with Crippen LogP contribution in [0.2, 0.25) is 5.02 Å². The first kappa shape index (κ1) is 12.8. The first-order valence-electron chi connectivity index (χ1n) is 4.78. The van der Waals surface area contributed by atoms with Gasteiger partial charge < -0.3 is 11.1 Å². The van der Waals surface area contributed by atoms with Gasteiger partial charge in [-0.25, -0.2) is 8.78 Å². The van der Waals surface area contributed by atoms with Gasteiger partial charge in [0.05, 0.1) is 10.7 Å². The number of nitrogens with one attached hydrogen (secondary N) is 1. The Morgan fingerprint density at radius 1 is 1.39 bits per heavy atom. The molecule has 3 nitrogen and oxygen atoms in total. The number of thiophene rings is 1. The maximum absolute atomic E-state index is 13.4. The quantitative estimate of drug-likeness (QED) is 0.831. The van der Waals surface area contributed by atoms with Crippen molar-refractivity contribution in [1.82, 2.24) is 0 Å². The summed E-state index contributed by atoms with van der Waals surface area (Å²) in [5.41, 5.74) is 4.99. The van der Waals surface area contributed by atoms with Crippen LogP contribution >= 0.6 is 22.9 Å². The molecule has 0 radical (unpaired) electrons. The monoisotopic (exact) mass is 288 g/mol. The lowest BCUT2D eigenvalue weighted by Crippen LogP contribution is -2.13. The van der Waals surface area contributed by atoms with Crippen LogP contribution in [-0.2, 0) is 0 Å². The number of benzene rings is 1. The molecule has 0 atom stereocenters. The highest BCUT2D eigenvalue weighted by atomic mass is 35.5. The summed E-state index contributed by atoms with van der Waals surface area (Å²) < 4.78 is 26.3. The molecule has 3 N–H and O–H groups in total. The molecule has 2 rings (SSSR count). The van der Waals surface area contributed by atoms with Crippen LogP contribution in [0.1, 0.15) is 9.67 Å². The summed E-state index contributed by atoms with van der Waals surface area (Å²) in [6.45, 7) is 0. The zero-order chi connectivity index (χ0) is 13.3. The Morgan fingerprint density at radius 2 is 2.11 bits per heavy atom. The topological polar surface area (TPSA) is 55.1 Å². The summed E-state index contributed by atoms with van der Waals surface area (Å²) in [7, 11) is 0. The van der Waals surface area contributed by atoms with E-state index in [0.29, 0.717) is 6.07 Å². The molecule has 0 saturated carbocycles. The molecule has 7 heteroatoms. The third-order valence-corrected chi connectivity index (χ3v) is 3.49. The fourth-order valence-electron chi connectivity index (χ4n) is 1.35. The van der Waals surface area contributed by atoms with Gasteiger partial charge in [-0.15, -0.1) is 11.3 Å². The molecule has 2 aromatic rings. The second-order valence-corrected chi connectivity index (χ2v) is 4.73. The summed E-state index contributed by atoms with van der Waals surface area (Å²) in [5, 5.41) is 4.16. The molecule has 0 unspecified atom stereocenters. The Bertz CT molecular complexity index is 592. The maximum Gasteiger partial charge on any atom is 0.267 e. The first-order chi connectivity index (χ1) is 8.49. The van der Waals surface area contributed by atoms with E-state index in [4.69, 9.17) is 17.3 Å². The van der Waals surface area contributed by atoms with Crippen LogP contribution in [-0.4, -0.2) is 5.91 Å².